The van der Waals surface area contributed by atoms with Crippen LogP contribution in [0.15, 0.2) is 36.5 Å². The van der Waals surface area contributed by atoms with Gasteiger partial charge in [0, 0.05) is 11.9 Å². The molecule has 0 radical (unpaired) electrons. The molecule has 3 N–H and O–H groups in total. The monoisotopic (exact) mass is 312 g/mol. The van der Waals surface area contributed by atoms with Crippen molar-refractivity contribution in [3.8, 4) is 5.69 Å². The topological polar surface area (TPSA) is 68.2 Å². The predicted molar refractivity (Wildman–Crippen MR) is 90.6 cm³/mol. The molecule has 0 spiro atoms. The maximum Gasteiger partial charge on any atom is 0.227 e. The highest BCUT2D eigenvalue weighted by molar-refractivity contribution is 5.88. The van der Waals surface area contributed by atoms with Crippen molar-refractivity contribution < 1.29 is 9.90 Å². The maximum atomic E-state index is 12.2. The van der Waals surface area contributed by atoms with Gasteiger partial charge in [-0.25, -0.2) is 0 Å². The van der Waals surface area contributed by atoms with Crippen molar-refractivity contribution in [2.24, 2.45) is 5.73 Å². The summed E-state index contributed by atoms with van der Waals surface area (Å²) in [6.07, 6.45) is 2.01. The van der Waals surface area contributed by atoms with Crippen LogP contribution < -0.4 is 5.73 Å². The molecular weight excluding hydrogens is 288 g/mol. The molecule has 1 aromatic carbocycles. The standard InChI is InChI=1S/C19H24N2O2/c1-12(22)16-15-14(10-21(16)13-8-6-5-7-9-13)19(4,17(20)23)11-18(15,2)3/h5-10,12,22H,11H2,1-4H3,(H2,20,23). The highest BCUT2D eigenvalue weighted by Gasteiger charge is 2.51. The van der Waals surface area contributed by atoms with Crippen molar-refractivity contribution in [1.82, 2.24) is 4.57 Å². The van der Waals surface area contributed by atoms with E-state index in [-0.39, 0.29) is 11.3 Å². The second-order valence-electron chi connectivity index (χ2n) is 7.44. The zero-order valence-electron chi connectivity index (χ0n) is 14.1. The Morgan fingerprint density at radius 1 is 1.26 bits per heavy atom. The Labute approximate surface area is 136 Å². The van der Waals surface area contributed by atoms with E-state index in [2.05, 4.69) is 13.8 Å². The number of benzene rings is 1. The summed E-state index contributed by atoms with van der Waals surface area (Å²) >= 11 is 0. The van der Waals surface area contributed by atoms with E-state index in [9.17, 15) is 9.90 Å². The molecule has 1 amide bonds. The van der Waals surface area contributed by atoms with E-state index in [1.54, 1.807) is 6.92 Å². The maximum absolute atomic E-state index is 12.2. The van der Waals surface area contributed by atoms with Crippen LogP contribution in [0.4, 0.5) is 0 Å². The molecule has 1 heterocycles. The average Bonchev–Trinajstić information content (AvgIpc) is 2.97. The summed E-state index contributed by atoms with van der Waals surface area (Å²) in [6, 6.07) is 9.88. The number of aliphatic hydroxyl groups excluding tert-OH is 1. The second-order valence-corrected chi connectivity index (χ2v) is 7.44. The molecule has 4 heteroatoms. The van der Waals surface area contributed by atoms with E-state index in [0.29, 0.717) is 6.42 Å². The number of nitrogens with zero attached hydrogens (tertiary/aromatic N) is 1. The van der Waals surface area contributed by atoms with Crippen LogP contribution in [-0.4, -0.2) is 15.6 Å². The lowest BCUT2D eigenvalue weighted by atomic mass is 9.79. The van der Waals surface area contributed by atoms with Crippen LogP contribution >= 0.6 is 0 Å². The first-order valence-electron chi connectivity index (χ1n) is 7.98. The fourth-order valence-electron chi connectivity index (χ4n) is 4.15. The molecule has 3 rings (SSSR count). The van der Waals surface area contributed by atoms with Gasteiger partial charge in [0.25, 0.3) is 0 Å². The van der Waals surface area contributed by atoms with Crippen molar-refractivity contribution in [1.29, 1.82) is 0 Å². The summed E-state index contributed by atoms with van der Waals surface area (Å²) in [7, 11) is 0. The third-order valence-electron chi connectivity index (χ3n) is 5.08. The highest BCUT2D eigenvalue weighted by Crippen LogP contribution is 2.53. The number of fused-ring (bicyclic) bond motifs is 1. The Balaban J connectivity index is 2.34. The fourth-order valence-corrected chi connectivity index (χ4v) is 4.15. The summed E-state index contributed by atoms with van der Waals surface area (Å²) in [5, 5.41) is 10.4. The Morgan fingerprint density at radius 3 is 2.39 bits per heavy atom. The lowest BCUT2D eigenvalue weighted by Crippen LogP contribution is -2.37. The normalized spacial score (nSPS) is 23.5. The van der Waals surface area contributed by atoms with Gasteiger partial charge in [-0.05, 0) is 48.9 Å². The number of aliphatic hydroxyl groups is 1. The van der Waals surface area contributed by atoms with Crippen LogP contribution in [0.5, 0.6) is 0 Å². The number of hydrogen-bond donors (Lipinski definition) is 2. The van der Waals surface area contributed by atoms with Gasteiger partial charge < -0.3 is 15.4 Å². The van der Waals surface area contributed by atoms with Gasteiger partial charge in [-0.15, -0.1) is 0 Å². The summed E-state index contributed by atoms with van der Waals surface area (Å²) < 4.78 is 2.00. The highest BCUT2D eigenvalue weighted by atomic mass is 16.3. The Hall–Kier alpha value is -2.07. The minimum Gasteiger partial charge on any atom is -0.387 e. The molecule has 1 aliphatic rings. The molecule has 2 unspecified atom stereocenters. The first kappa shape index (κ1) is 15.8. The quantitative estimate of drug-likeness (QED) is 0.915. The van der Waals surface area contributed by atoms with Gasteiger partial charge in [0.05, 0.1) is 17.2 Å². The van der Waals surface area contributed by atoms with E-state index in [0.717, 1.165) is 22.5 Å². The molecule has 0 saturated heterocycles. The zero-order valence-corrected chi connectivity index (χ0v) is 14.1. The van der Waals surface area contributed by atoms with Crippen LogP contribution in [0.25, 0.3) is 5.69 Å². The van der Waals surface area contributed by atoms with Crippen molar-refractivity contribution in [2.75, 3.05) is 0 Å². The smallest absolute Gasteiger partial charge is 0.227 e. The molecule has 2 aromatic rings. The van der Waals surface area contributed by atoms with Crippen molar-refractivity contribution in [3.05, 3.63) is 53.3 Å². The van der Waals surface area contributed by atoms with Gasteiger partial charge in [0.15, 0.2) is 0 Å². The third-order valence-corrected chi connectivity index (χ3v) is 5.08. The number of amides is 1. The minimum absolute atomic E-state index is 0.217. The first-order chi connectivity index (χ1) is 10.7. The summed E-state index contributed by atoms with van der Waals surface area (Å²) in [4.78, 5) is 12.2. The molecule has 1 aliphatic carbocycles. The SMILES string of the molecule is CC(O)c1c2c(cn1-c1ccccc1)C(C)(C(N)=O)CC2(C)C. The Morgan fingerprint density at radius 2 is 1.87 bits per heavy atom. The Bertz CT molecular complexity index is 759. The molecule has 0 fully saturated rings. The van der Waals surface area contributed by atoms with Crippen molar-refractivity contribution in [3.63, 3.8) is 0 Å². The number of aromatic nitrogens is 1. The van der Waals surface area contributed by atoms with E-state index in [4.69, 9.17) is 5.73 Å². The van der Waals surface area contributed by atoms with Gasteiger partial charge in [0.2, 0.25) is 5.91 Å². The first-order valence-corrected chi connectivity index (χ1v) is 7.98. The van der Waals surface area contributed by atoms with Gasteiger partial charge in [-0.2, -0.15) is 0 Å². The molecular formula is C19H24N2O2. The molecule has 23 heavy (non-hydrogen) atoms. The van der Waals surface area contributed by atoms with Gasteiger partial charge in [-0.3, -0.25) is 4.79 Å². The van der Waals surface area contributed by atoms with Crippen LogP contribution in [0.2, 0.25) is 0 Å². The predicted octanol–water partition coefficient (Wildman–Crippen LogP) is 2.95. The number of primary amides is 1. The number of hydrogen-bond acceptors (Lipinski definition) is 2. The molecule has 0 saturated carbocycles. The average molecular weight is 312 g/mol. The second kappa shape index (κ2) is 4.96. The van der Waals surface area contributed by atoms with Crippen molar-refractivity contribution >= 4 is 5.91 Å². The van der Waals surface area contributed by atoms with Gasteiger partial charge >= 0.3 is 0 Å². The minimum atomic E-state index is -0.706. The van der Waals surface area contributed by atoms with Crippen molar-refractivity contribution in [2.45, 2.75) is 51.0 Å². The number of carbonyl (C=O) groups excluding carboxylic acids is 1. The summed E-state index contributed by atoms with van der Waals surface area (Å²) in [5.74, 6) is -0.313. The van der Waals surface area contributed by atoms with Crippen LogP contribution in [-0.2, 0) is 15.6 Å². The summed E-state index contributed by atoms with van der Waals surface area (Å²) in [5.41, 5.74) is 8.62. The van der Waals surface area contributed by atoms with E-state index >= 15 is 0 Å². The fraction of sp³-hybridized carbons (Fsp3) is 0.421. The Kier molecular flexibility index (Phi) is 3.41. The van der Waals surface area contributed by atoms with Gasteiger partial charge in [-0.1, -0.05) is 32.0 Å². The largest absolute Gasteiger partial charge is 0.387 e. The van der Waals surface area contributed by atoms with Gasteiger partial charge in [0.1, 0.15) is 0 Å². The zero-order chi connectivity index (χ0) is 17.0. The van der Waals surface area contributed by atoms with E-state index in [1.165, 1.54) is 0 Å². The lowest BCUT2D eigenvalue weighted by Gasteiger charge is -2.27. The van der Waals surface area contributed by atoms with Crippen LogP contribution in [0.3, 0.4) is 0 Å². The van der Waals surface area contributed by atoms with Crippen LogP contribution in [0, 0.1) is 0 Å². The number of nitrogens with two attached hydrogens (primary N) is 1. The molecule has 0 bridgehead atoms. The molecule has 4 nitrogen and oxygen atoms in total. The molecule has 0 aliphatic heterocycles. The van der Waals surface area contributed by atoms with Crippen LogP contribution in [0.1, 0.15) is 57.0 Å². The lowest BCUT2D eigenvalue weighted by molar-refractivity contribution is -0.123. The van der Waals surface area contributed by atoms with E-state index < -0.39 is 11.5 Å². The van der Waals surface area contributed by atoms with E-state index in [1.807, 2.05) is 48.0 Å². The molecule has 122 valence electrons. The molecule has 1 aromatic heterocycles. The number of carbonyl (C=O) groups is 1. The molecule has 2 atom stereocenters. The summed E-state index contributed by atoms with van der Waals surface area (Å²) in [6.45, 7) is 7.90. The third kappa shape index (κ3) is 2.20. The number of para-hydroxylation sites is 1. The number of rotatable bonds is 3.